The van der Waals surface area contributed by atoms with E-state index in [1.165, 1.54) is 0 Å². The van der Waals surface area contributed by atoms with Gasteiger partial charge in [-0.1, -0.05) is 36.4 Å². The lowest BCUT2D eigenvalue weighted by Gasteiger charge is -2.10. The van der Waals surface area contributed by atoms with E-state index in [1.807, 2.05) is 60.7 Å². The molecule has 0 unspecified atom stereocenters. The molecule has 8 heteroatoms. The molecular formula is C36H32N2O6. The molecule has 0 spiro atoms. The Kier molecular flexibility index (Phi) is 10.4. The average molecular weight is 589 g/mol. The normalized spacial score (nSPS) is 10.4. The molecule has 44 heavy (non-hydrogen) atoms. The van der Waals surface area contributed by atoms with Gasteiger partial charge in [-0.3, -0.25) is 9.59 Å². The van der Waals surface area contributed by atoms with E-state index in [2.05, 4.69) is 10.6 Å². The van der Waals surface area contributed by atoms with Crippen molar-refractivity contribution in [1.29, 1.82) is 0 Å². The van der Waals surface area contributed by atoms with Crippen molar-refractivity contribution in [2.24, 2.45) is 0 Å². The Morgan fingerprint density at radius 2 is 0.682 bits per heavy atom. The summed E-state index contributed by atoms with van der Waals surface area (Å²) in [5.74, 6) is 2.36. The minimum Gasteiger partial charge on any atom is -0.490 e. The molecule has 5 aromatic rings. The fourth-order valence-electron chi connectivity index (χ4n) is 4.12. The van der Waals surface area contributed by atoms with Crippen LogP contribution in [0.3, 0.4) is 0 Å². The number of anilines is 2. The summed E-state index contributed by atoms with van der Waals surface area (Å²) in [6.45, 7) is 1.59. The van der Waals surface area contributed by atoms with E-state index in [1.54, 1.807) is 72.8 Å². The monoisotopic (exact) mass is 588 g/mol. The van der Waals surface area contributed by atoms with E-state index >= 15 is 0 Å². The fraction of sp³-hybridized carbons (Fsp3) is 0.111. The summed E-state index contributed by atoms with van der Waals surface area (Å²) in [6, 6.07) is 39.8. The number of benzene rings is 5. The predicted octanol–water partition coefficient (Wildman–Crippen LogP) is 7.11. The Morgan fingerprint density at radius 3 is 1.00 bits per heavy atom. The summed E-state index contributed by atoms with van der Waals surface area (Å²) in [5, 5.41) is 5.72. The van der Waals surface area contributed by atoms with Crippen molar-refractivity contribution < 1.29 is 28.5 Å². The minimum absolute atomic E-state index is 0.255. The first-order valence-electron chi connectivity index (χ1n) is 14.2. The van der Waals surface area contributed by atoms with Crippen molar-refractivity contribution in [2.75, 3.05) is 37.1 Å². The second-order valence-corrected chi connectivity index (χ2v) is 9.55. The van der Waals surface area contributed by atoms with Crippen molar-refractivity contribution in [1.82, 2.24) is 0 Å². The lowest BCUT2D eigenvalue weighted by Crippen LogP contribution is -2.13. The van der Waals surface area contributed by atoms with Crippen LogP contribution in [0.25, 0.3) is 0 Å². The molecule has 0 aliphatic heterocycles. The lowest BCUT2D eigenvalue weighted by atomic mass is 10.2. The number of hydrogen-bond acceptors (Lipinski definition) is 6. The van der Waals surface area contributed by atoms with Gasteiger partial charge in [-0.2, -0.15) is 0 Å². The number of carbonyl (C=O) groups is 2. The third-order valence-corrected chi connectivity index (χ3v) is 6.36. The van der Waals surface area contributed by atoms with Crippen LogP contribution in [0.5, 0.6) is 23.0 Å². The standard InChI is InChI=1S/C36H32N2O6/c39-35(27-11-19-33(20-12-27)43-25-23-41-31-7-3-1-4-8-31)37-29-15-17-30(18-16-29)38-36(40)28-13-21-34(22-14-28)44-26-24-42-32-9-5-2-6-10-32/h1-22H,23-26H2,(H,37,39)(H,38,40). The SMILES string of the molecule is O=C(Nc1ccc(NC(=O)c2ccc(OCCOc3ccccc3)cc2)cc1)c1ccc(OCCOc2ccccc2)cc1. The molecule has 0 atom stereocenters. The largest absolute Gasteiger partial charge is 0.490 e. The summed E-state index contributed by atoms with van der Waals surface area (Å²) in [5.41, 5.74) is 2.19. The van der Waals surface area contributed by atoms with E-state index in [9.17, 15) is 9.59 Å². The fourth-order valence-corrected chi connectivity index (χ4v) is 4.12. The van der Waals surface area contributed by atoms with Gasteiger partial charge in [-0.25, -0.2) is 0 Å². The Balaban J connectivity index is 1.02. The van der Waals surface area contributed by atoms with Crippen LogP contribution in [0.2, 0.25) is 0 Å². The van der Waals surface area contributed by atoms with E-state index in [0.29, 0.717) is 60.4 Å². The molecule has 0 radical (unpaired) electrons. The summed E-state index contributed by atoms with van der Waals surface area (Å²) in [7, 11) is 0. The predicted molar refractivity (Wildman–Crippen MR) is 170 cm³/mol. The summed E-state index contributed by atoms with van der Waals surface area (Å²) < 4.78 is 22.6. The van der Waals surface area contributed by atoms with Gasteiger partial charge < -0.3 is 29.6 Å². The zero-order valence-corrected chi connectivity index (χ0v) is 24.0. The highest BCUT2D eigenvalue weighted by molar-refractivity contribution is 6.05. The molecule has 0 heterocycles. The zero-order valence-electron chi connectivity index (χ0n) is 24.0. The van der Waals surface area contributed by atoms with E-state index in [4.69, 9.17) is 18.9 Å². The number of para-hydroxylation sites is 2. The zero-order chi connectivity index (χ0) is 30.4. The second kappa shape index (κ2) is 15.5. The molecule has 0 fully saturated rings. The van der Waals surface area contributed by atoms with Crippen molar-refractivity contribution in [3.63, 3.8) is 0 Å². The Morgan fingerprint density at radius 1 is 0.386 bits per heavy atom. The maximum absolute atomic E-state index is 12.7. The summed E-state index contributed by atoms with van der Waals surface area (Å²) in [4.78, 5) is 25.4. The van der Waals surface area contributed by atoms with E-state index in [0.717, 1.165) is 11.5 Å². The third-order valence-electron chi connectivity index (χ3n) is 6.36. The molecular weight excluding hydrogens is 556 g/mol. The summed E-state index contributed by atoms with van der Waals surface area (Å²) >= 11 is 0. The average Bonchev–Trinajstić information content (AvgIpc) is 3.07. The van der Waals surface area contributed by atoms with Gasteiger partial charge in [0, 0.05) is 22.5 Å². The first-order chi connectivity index (χ1) is 21.6. The number of hydrogen-bond donors (Lipinski definition) is 2. The Labute approximate surface area is 256 Å². The molecule has 0 aromatic heterocycles. The Bertz CT molecular complexity index is 1480. The molecule has 2 amide bonds. The van der Waals surface area contributed by atoms with Crippen molar-refractivity contribution in [2.45, 2.75) is 0 Å². The minimum atomic E-state index is -0.255. The molecule has 0 aliphatic rings. The lowest BCUT2D eigenvalue weighted by molar-refractivity contribution is 0.101. The maximum atomic E-state index is 12.7. The number of rotatable bonds is 14. The number of carbonyl (C=O) groups excluding carboxylic acids is 2. The van der Waals surface area contributed by atoms with Crippen molar-refractivity contribution in [3.8, 4) is 23.0 Å². The smallest absolute Gasteiger partial charge is 0.255 e. The molecule has 222 valence electrons. The van der Waals surface area contributed by atoms with Gasteiger partial charge in [0.1, 0.15) is 49.4 Å². The van der Waals surface area contributed by atoms with Gasteiger partial charge in [0.2, 0.25) is 0 Å². The maximum Gasteiger partial charge on any atom is 0.255 e. The second-order valence-electron chi connectivity index (χ2n) is 9.55. The van der Waals surface area contributed by atoms with Crippen LogP contribution in [0.1, 0.15) is 20.7 Å². The Hall–Kier alpha value is -5.76. The van der Waals surface area contributed by atoms with Crippen LogP contribution in [0.4, 0.5) is 11.4 Å². The van der Waals surface area contributed by atoms with Crippen LogP contribution >= 0.6 is 0 Å². The molecule has 2 N–H and O–H groups in total. The number of nitrogens with one attached hydrogen (secondary N) is 2. The van der Waals surface area contributed by atoms with Gasteiger partial charge in [0.25, 0.3) is 11.8 Å². The number of amides is 2. The van der Waals surface area contributed by atoms with Crippen molar-refractivity contribution in [3.05, 3.63) is 145 Å². The van der Waals surface area contributed by atoms with Gasteiger partial charge in [0.05, 0.1) is 0 Å². The molecule has 0 aliphatic carbocycles. The first-order valence-corrected chi connectivity index (χ1v) is 14.2. The van der Waals surface area contributed by atoms with Crippen LogP contribution in [0.15, 0.2) is 133 Å². The van der Waals surface area contributed by atoms with E-state index in [-0.39, 0.29) is 11.8 Å². The molecule has 0 bridgehead atoms. The van der Waals surface area contributed by atoms with Gasteiger partial charge in [-0.15, -0.1) is 0 Å². The molecule has 8 nitrogen and oxygen atoms in total. The number of ether oxygens (including phenoxy) is 4. The quantitative estimate of drug-likeness (QED) is 0.134. The van der Waals surface area contributed by atoms with Crippen LogP contribution < -0.4 is 29.6 Å². The van der Waals surface area contributed by atoms with Gasteiger partial charge >= 0.3 is 0 Å². The molecule has 0 saturated heterocycles. The van der Waals surface area contributed by atoms with Gasteiger partial charge in [0.15, 0.2) is 0 Å². The first kappa shape index (κ1) is 29.7. The molecule has 5 rings (SSSR count). The topological polar surface area (TPSA) is 95.1 Å². The van der Waals surface area contributed by atoms with Gasteiger partial charge in [-0.05, 0) is 97.1 Å². The van der Waals surface area contributed by atoms with Crippen LogP contribution in [-0.4, -0.2) is 38.2 Å². The molecule has 5 aromatic carbocycles. The van der Waals surface area contributed by atoms with Crippen LogP contribution in [0, 0.1) is 0 Å². The third kappa shape index (κ3) is 9.12. The van der Waals surface area contributed by atoms with Crippen LogP contribution in [-0.2, 0) is 0 Å². The highest BCUT2D eigenvalue weighted by Gasteiger charge is 2.09. The van der Waals surface area contributed by atoms with Crippen molar-refractivity contribution >= 4 is 23.2 Å². The highest BCUT2D eigenvalue weighted by Crippen LogP contribution is 2.19. The molecule has 0 saturated carbocycles. The highest BCUT2D eigenvalue weighted by atomic mass is 16.5. The van der Waals surface area contributed by atoms with E-state index < -0.39 is 0 Å². The summed E-state index contributed by atoms with van der Waals surface area (Å²) in [6.07, 6.45) is 0.